The Morgan fingerprint density at radius 3 is 2.03 bits per heavy atom. The van der Waals surface area contributed by atoms with Crippen molar-refractivity contribution >= 4 is 73.9 Å². The van der Waals surface area contributed by atoms with Gasteiger partial charge in [0, 0.05) is 39.2 Å². The van der Waals surface area contributed by atoms with Crippen LogP contribution >= 0.6 is 46.4 Å². The maximum atomic E-state index is 13.5. The van der Waals surface area contributed by atoms with E-state index in [1.807, 2.05) is 0 Å². The summed E-state index contributed by atoms with van der Waals surface area (Å²) in [6.07, 6.45) is 1.23. The van der Waals surface area contributed by atoms with Gasteiger partial charge in [-0.05, 0) is 36.8 Å². The van der Waals surface area contributed by atoms with E-state index in [0.29, 0.717) is 15.6 Å². The molecule has 2 amide bonds. The number of carbonyl (C=O) groups excluding carboxylic acids is 2. The van der Waals surface area contributed by atoms with Crippen molar-refractivity contribution < 1.29 is 18.0 Å². The molecule has 180 valence electrons. The van der Waals surface area contributed by atoms with Crippen LogP contribution in [0, 0.1) is 0 Å². The minimum absolute atomic E-state index is 0.100. The SMILES string of the molecule is CCC(C(=O)NC)N(Cc1c(Cl)cccc1Cl)C(=O)CN(c1cc(Cl)cc(Cl)c1)S(C)(=O)=O. The van der Waals surface area contributed by atoms with E-state index in [9.17, 15) is 18.0 Å². The monoisotopic (exact) mass is 553 g/mol. The summed E-state index contributed by atoms with van der Waals surface area (Å²) in [7, 11) is -2.46. The molecule has 0 aliphatic heterocycles. The first-order valence-electron chi connectivity index (χ1n) is 9.76. The van der Waals surface area contributed by atoms with E-state index in [-0.39, 0.29) is 28.7 Å². The highest BCUT2D eigenvalue weighted by Gasteiger charge is 2.32. The molecule has 33 heavy (non-hydrogen) atoms. The molecule has 1 atom stereocenters. The van der Waals surface area contributed by atoms with Crippen LogP contribution < -0.4 is 9.62 Å². The van der Waals surface area contributed by atoms with Gasteiger partial charge in [-0.15, -0.1) is 0 Å². The highest BCUT2D eigenvalue weighted by molar-refractivity contribution is 7.92. The maximum Gasteiger partial charge on any atom is 0.244 e. The lowest BCUT2D eigenvalue weighted by atomic mass is 10.1. The fourth-order valence-corrected chi connectivity index (χ4v) is 5.10. The Morgan fingerprint density at radius 2 is 1.58 bits per heavy atom. The van der Waals surface area contributed by atoms with Gasteiger partial charge in [0.25, 0.3) is 0 Å². The van der Waals surface area contributed by atoms with Crippen molar-refractivity contribution in [3.8, 4) is 0 Å². The Bertz CT molecular complexity index is 1100. The van der Waals surface area contributed by atoms with Crippen molar-refractivity contribution in [2.45, 2.75) is 25.9 Å². The van der Waals surface area contributed by atoms with Crippen molar-refractivity contribution in [2.75, 3.05) is 24.2 Å². The van der Waals surface area contributed by atoms with Crippen molar-refractivity contribution in [2.24, 2.45) is 0 Å². The van der Waals surface area contributed by atoms with Crippen LogP contribution in [0.15, 0.2) is 36.4 Å². The molecule has 0 fully saturated rings. The zero-order valence-corrected chi connectivity index (χ0v) is 22.0. The third-order valence-corrected chi connectivity index (χ3v) is 7.12. The van der Waals surface area contributed by atoms with Crippen LogP contribution in [0.5, 0.6) is 0 Å². The maximum absolute atomic E-state index is 13.5. The predicted molar refractivity (Wildman–Crippen MR) is 134 cm³/mol. The van der Waals surface area contributed by atoms with Gasteiger partial charge in [-0.3, -0.25) is 13.9 Å². The average molecular weight is 555 g/mol. The van der Waals surface area contributed by atoms with Gasteiger partial charge >= 0.3 is 0 Å². The van der Waals surface area contributed by atoms with E-state index in [2.05, 4.69) is 5.32 Å². The van der Waals surface area contributed by atoms with Gasteiger partial charge < -0.3 is 10.2 Å². The molecule has 0 radical (unpaired) electrons. The number of nitrogens with zero attached hydrogens (tertiary/aromatic N) is 2. The van der Waals surface area contributed by atoms with Crippen LogP contribution in [0.2, 0.25) is 20.1 Å². The molecule has 1 N–H and O–H groups in total. The van der Waals surface area contributed by atoms with Crippen LogP contribution in [0.25, 0.3) is 0 Å². The van der Waals surface area contributed by atoms with Crippen molar-refractivity contribution in [3.63, 3.8) is 0 Å². The first kappa shape index (κ1) is 27.5. The van der Waals surface area contributed by atoms with Crippen molar-refractivity contribution in [3.05, 3.63) is 62.1 Å². The van der Waals surface area contributed by atoms with E-state index in [4.69, 9.17) is 46.4 Å². The van der Waals surface area contributed by atoms with Gasteiger partial charge in [-0.1, -0.05) is 59.4 Å². The Labute approximate surface area is 213 Å². The molecule has 0 heterocycles. The quantitative estimate of drug-likeness (QED) is 0.490. The largest absolute Gasteiger partial charge is 0.357 e. The summed E-state index contributed by atoms with van der Waals surface area (Å²) in [4.78, 5) is 27.3. The number of likely N-dealkylation sites (N-methyl/N-ethyl adjacent to an activating group) is 1. The number of nitrogens with one attached hydrogen (secondary N) is 1. The third-order valence-electron chi connectivity index (χ3n) is 4.84. The number of carbonyl (C=O) groups is 2. The molecular formula is C21H23Cl4N3O4S. The summed E-state index contributed by atoms with van der Waals surface area (Å²) >= 11 is 24.7. The number of anilines is 1. The van der Waals surface area contributed by atoms with Gasteiger partial charge in [-0.2, -0.15) is 0 Å². The normalized spacial score (nSPS) is 12.2. The number of hydrogen-bond donors (Lipinski definition) is 1. The highest BCUT2D eigenvalue weighted by Crippen LogP contribution is 2.29. The number of hydrogen-bond acceptors (Lipinski definition) is 4. The Hall–Kier alpha value is -1.71. The Balaban J connectivity index is 2.52. The molecule has 0 aliphatic rings. The van der Waals surface area contributed by atoms with Gasteiger partial charge in [0.05, 0.1) is 11.9 Å². The zero-order valence-electron chi connectivity index (χ0n) is 18.1. The standard InChI is InChI=1S/C21H23Cl4N3O4S/c1-4-19(21(30)26-2)27(11-16-17(24)6-5-7-18(16)25)20(29)12-28(33(3,31)32)15-9-13(22)8-14(23)10-15/h5-10,19H,4,11-12H2,1-3H3,(H,26,30). The number of halogens is 4. The van der Waals surface area contributed by atoms with Crippen molar-refractivity contribution in [1.82, 2.24) is 10.2 Å². The summed E-state index contributed by atoms with van der Waals surface area (Å²) in [6.45, 7) is 1.04. The lowest BCUT2D eigenvalue weighted by Crippen LogP contribution is -2.51. The fourth-order valence-electron chi connectivity index (χ4n) is 3.24. The van der Waals surface area contributed by atoms with E-state index in [1.165, 1.54) is 30.1 Å². The summed E-state index contributed by atoms with van der Waals surface area (Å²) in [5.41, 5.74) is 0.556. The molecule has 0 saturated carbocycles. The third kappa shape index (κ3) is 7.13. The minimum atomic E-state index is -3.91. The zero-order chi connectivity index (χ0) is 24.9. The first-order chi connectivity index (χ1) is 15.4. The number of sulfonamides is 1. The second-order valence-corrected chi connectivity index (χ2v) is 10.8. The minimum Gasteiger partial charge on any atom is -0.357 e. The summed E-state index contributed by atoms with van der Waals surface area (Å²) in [5.74, 6) is -1.05. The predicted octanol–water partition coefficient (Wildman–Crippen LogP) is 4.62. The van der Waals surface area contributed by atoms with Gasteiger partial charge in [0.1, 0.15) is 12.6 Å². The summed E-state index contributed by atoms with van der Waals surface area (Å²) in [6, 6.07) is 8.20. The van der Waals surface area contributed by atoms with E-state index in [0.717, 1.165) is 10.6 Å². The van der Waals surface area contributed by atoms with Crippen molar-refractivity contribution in [1.29, 1.82) is 0 Å². The molecule has 1 unspecified atom stereocenters. The molecule has 12 heteroatoms. The highest BCUT2D eigenvalue weighted by atomic mass is 35.5. The van der Waals surface area contributed by atoms with Gasteiger partial charge in [-0.25, -0.2) is 8.42 Å². The molecule has 2 aromatic rings. The first-order valence-corrected chi connectivity index (χ1v) is 13.1. The van der Waals surface area contributed by atoms with Gasteiger partial charge in [0.2, 0.25) is 21.8 Å². The van der Waals surface area contributed by atoms with E-state index < -0.39 is 34.4 Å². The fraction of sp³-hybridized carbons (Fsp3) is 0.333. The van der Waals surface area contributed by atoms with Crippen LogP contribution in [0.1, 0.15) is 18.9 Å². The van der Waals surface area contributed by atoms with Crippen LogP contribution in [-0.4, -0.2) is 51.0 Å². The average Bonchev–Trinajstić information content (AvgIpc) is 2.71. The smallest absolute Gasteiger partial charge is 0.244 e. The number of amides is 2. The van der Waals surface area contributed by atoms with Crippen LogP contribution in [0.4, 0.5) is 5.69 Å². The Morgan fingerprint density at radius 1 is 1.03 bits per heavy atom. The molecule has 0 bridgehead atoms. The molecule has 2 aromatic carbocycles. The van der Waals surface area contributed by atoms with Crippen LogP contribution in [-0.2, 0) is 26.2 Å². The van der Waals surface area contributed by atoms with Crippen LogP contribution in [0.3, 0.4) is 0 Å². The molecule has 7 nitrogen and oxygen atoms in total. The number of benzene rings is 2. The Kier molecular flexibility index (Phi) is 9.70. The molecule has 2 rings (SSSR count). The van der Waals surface area contributed by atoms with E-state index >= 15 is 0 Å². The molecular weight excluding hydrogens is 532 g/mol. The molecule has 0 saturated heterocycles. The second-order valence-electron chi connectivity index (χ2n) is 7.16. The second kappa shape index (κ2) is 11.6. The summed E-state index contributed by atoms with van der Waals surface area (Å²) < 4.78 is 26.0. The molecule has 0 aromatic heterocycles. The van der Waals surface area contributed by atoms with E-state index in [1.54, 1.807) is 25.1 Å². The molecule has 0 spiro atoms. The lowest BCUT2D eigenvalue weighted by molar-refractivity contribution is -0.140. The molecule has 0 aliphatic carbocycles. The summed E-state index contributed by atoms with van der Waals surface area (Å²) in [5, 5.41) is 3.57. The topological polar surface area (TPSA) is 86.8 Å². The number of rotatable bonds is 9. The lowest BCUT2D eigenvalue weighted by Gasteiger charge is -2.33. The van der Waals surface area contributed by atoms with Gasteiger partial charge in [0.15, 0.2) is 0 Å².